The molecule has 1 unspecified atom stereocenters. The SMILES string of the molecule is COc1cc(C=CC(=O)OC(CO)COC(=O)C=Cc2ccc(O)cc2)ccc1O. The van der Waals surface area contributed by atoms with E-state index in [1.165, 1.54) is 49.6 Å². The molecule has 0 aliphatic heterocycles. The molecule has 2 rings (SSSR count). The third-order valence-corrected chi connectivity index (χ3v) is 3.82. The lowest BCUT2D eigenvalue weighted by atomic mass is 10.2. The zero-order valence-electron chi connectivity index (χ0n) is 16.2. The Labute approximate surface area is 173 Å². The first kappa shape index (κ1) is 22.5. The number of aliphatic hydroxyl groups is 1. The molecule has 0 fully saturated rings. The fraction of sp³-hybridized carbons (Fsp3) is 0.182. The molecule has 1 atom stereocenters. The lowest BCUT2D eigenvalue weighted by molar-refractivity contribution is -0.154. The van der Waals surface area contributed by atoms with Crippen molar-refractivity contribution < 1.29 is 39.1 Å². The van der Waals surface area contributed by atoms with Gasteiger partial charge in [-0.25, -0.2) is 9.59 Å². The molecule has 30 heavy (non-hydrogen) atoms. The molecule has 0 amide bonds. The van der Waals surface area contributed by atoms with Crippen molar-refractivity contribution in [3.63, 3.8) is 0 Å². The van der Waals surface area contributed by atoms with Gasteiger partial charge in [0.1, 0.15) is 12.4 Å². The summed E-state index contributed by atoms with van der Waals surface area (Å²) in [6.45, 7) is -0.844. The van der Waals surface area contributed by atoms with Gasteiger partial charge in [-0.1, -0.05) is 18.2 Å². The highest BCUT2D eigenvalue weighted by Crippen LogP contribution is 2.26. The summed E-state index contributed by atoms with van der Waals surface area (Å²) in [5.41, 5.74) is 1.28. The van der Waals surface area contributed by atoms with E-state index < -0.39 is 24.6 Å². The van der Waals surface area contributed by atoms with Crippen LogP contribution in [-0.4, -0.2) is 53.7 Å². The normalized spacial score (nSPS) is 12.1. The smallest absolute Gasteiger partial charge is 0.331 e. The van der Waals surface area contributed by atoms with Crippen LogP contribution in [-0.2, 0) is 19.1 Å². The number of carbonyl (C=O) groups excluding carboxylic acids is 2. The summed E-state index contributed by atoms with van der Waals surface area (Å²) in [5.74, 6) is -1.08. The molecular weight excluding hydrogens is 392 g/mol. The van der Waals surface area contributed by atoms with Gasteiger partial charge in [-0.2, -0.15) is 0 Å². The first-order chi connectivity index (χ1) is 14.4. The largest absolute Gasteiger partial charge is 0.508 e. The van der Waals surface area contributed by atoms with E-state index in [-0.39, 0.29) is 23.9 Å². The minimum absolute atomic E-state index is 0.0288. The molecule has 0 aliphatic carbocycles. The number of aromatic hydroxyl groups is 2. The highest BCUT2D eigenvalue weighted by Gasteiger charge is 2.14. The number of benzene rings is 2. The molecule has 0 aromatic heterocycles. The summed E-state index contributed by atoms with van der Waals surface area (Å²) in [4.78, 5) is 23.7. The highest BCUT2D eigenvalue weighted by atomic mass is 16.6. The number of ether oxygens (including phenoxy) is 3. The molecule has 158 valence electrons. The van der Waals surface area contributed by atoms with Gasteiger partial charge >= 0.3 is 11.9 Å². The quantitative estimate of drug-likeness (QED) is 0.422. The molecule has 0 saturated carbocycles. The molecule has 0 saturated heterocycles. The van der Waals surface area contributed by atoms with Gasteiger partial charge in [0.15, 0.2) is 17.6 Å². The maximum atomic E-state index is 11.9. The Balaban J connectivity index is 1.83. The highest BCUT2D eigenvalue weighted by molar-refractivity contribution is 5.88. The maximum absolute atomic E-state index is 11.9. The van der Waals surface area contributed by atoms with Crippen LogP contribution >= 0.6 is 0 Å². The Morgan fingerprint density at radius 1 is 0.967 bits per heavy atom. The second kappa shape index (κ2) is 11.3. The molecule has 2 aromatic carbocycles. The molecule has 0 bridgehead atoms. The summed E-state index contributed by atoms with van der Waals surface area (Å²) >= 11 is 0. The van der Waals surface area contributed by atoms with Crippen LogP contribution in [0.3, 0.4) is 0 Å². The molecular formula is C22H22O8. The van der Waals surface area contributed by atoms with Gasteiger partial charge in [0.2, 0.25) is 0 Å². The van der Waals surface area contributed by atoms with Crippen LogP contribution in [0.1, 0.15) is 11.1 Å². The zero-order valence-corrected chi connectivity index (χ0v) is 16.2. The lowest BCUT2D eigenvalue weighted by Crippen LogP contribution is -2.27. The number of phenols is 2. The minimum Gasteiger partial charge on any atom is -0.508 e. The van der Waals surface area contributed by atoms with E-state index in [1.807, 2.05) is 0 Å². The maximum Gasteiger partial charge on any atom is 0.331 e. The first-order valence-electron chi connectivity index (χ1n) is 8.91. The molecule has 0 spiro atoms. The third-order valence-electron chi connectivity index (χ3n) is 3.82. The van der Waals surface area contributed by atoms with Crippen LogP contribution in [0, 0.1) is 0 Å². The standard InChI is InChI=1S/C22H22O8/c1-28-20-12-16(4-9-19(20)25)6-11-22(27)30-18(13-23)14-29-21(26)10-5-15-2-7-17(24)8-3-15/h2-12,18,23-25H,13-14H2,1H3. The Morgan fingerprint density at radius 3 is 2.27 bits per heavy atom. The van der Waals surface area contributed by atoms with Gasteiger partial charge in [0.05, 0.1) is 13.7 Å². The second-order valence-electron chi connectivity index (χ2n) is 6.06. The second-order valence-corrected chi connectivity index (χ2v) is 6.06. The average molecular weight is 414 g/mol. The van der Waals surface area contributed by atoms with Crippen molar-refractivity contribution in [2.24, 2.45) is 0 Å². The number of hydrogen-bond donors (Lipinski definition) is 3. The predicted octanol–water partition coefficient (Wildman–Crippen LogP) is 2.28. The molecule has 2 aromatic rings. The van der Waals surface area contributed by atoms with E-state index in [2.05, 4.69) is 0 Å². The van der Waals surface area contributed by atoms with Crippen LogP contribution in [0.4, 0.5) is 0 Å². The Kier molecular flexibility index (Phi) is 8.46. The van der Waals surface area contributed by atoms with E-state index in [0.717, 1.165) is 6.08 Å². The van der Waals surface area contributed by atoms with Gasteiger partial charge in [-0.3, -0.25) is 0 Å². The number of aliphatic hydroxyl groups excluding tert-OH is 1. The van der Waals surface area contributed by atoms with Crippen molar-refractivity contribution >= 4 is 24.1 Å². The van der Waals surface area contributed by atoms with Crippen molar-refractivity contribution in [1.29, 1.82) is 0 Å². The van der Waals surface area contributed by atoms with E-state index in [4.69, 9.17) is 14.2 Å². The van der Waals surface area contributed by atoms with Crippen molar-refractivity contribution in [3.8, 4) is 17.2 Å². The molecule has 0 heterocycles. The van der Waals surface area contributed by atoms with E-state index in [0.29, 0.717) is 11.1 Å². The monoisotopic (exact) mass is 414 g/mol. The van der Waals surface area contributed by atoms with E-state index in [9.17, 15) is 24.9 Å². The van der Waals surface area contributed by atoms with Crippen LogP contribution in [0.15, 0.2) is 54.6 Å². The Bertz CT molecular complexity index is 915. The van der Waals surface area contributed by atoms with Gasteiger partial charge < -0.3 is 29.5 Å². The number of esters is 2. The van der Waals surface area contributed by atoms with Gasteiger partial charge in [-0.05, 0) is 47.5 Å². The van der Waals surface area contributed by atoms with Crippen molar-refractivity contribution in [1.82, 2.24) is 0 Å². The van der Waals surface area contributed by atoms with Gasteiger partial charge in [0.25, 0.3) is 0 Å². The zero-order chi connectivity index (χ0) is 21.9. The summed E-state index contributed by atoms with van der Waals surface area (Å²) in [5, 5.41) is 28.1. The molecule has 3 N–H and O–H groups in total. The van der Waals surface area contributed by atoms with Gasteiger partial charge in [0, 0.05) is 12.2 Å². The van der Waals surface area contributed by atoms with Crippen molar-refractivity contribution in [3.05, 3.63) is 65.7 Å². The summed E-state index contributed by atoms with van der Waals surface area (Å²) in [6, 6.07) is 10.7. The van der Waals surface area contributed by atoms with Crippen molar-refractivity contribution in [2.45, 2.75) is 6.10 Å². The topological polar surface area (TPSA) is 123 Å². The fourth-order valence-corrected chi connectivity index (χ4v) is 2.26. The van der Waals surface area contributed by atoms with Crippen LogP contribution < -0.4 is 4.74 Å². The molecule has 8 heteroatoms. The fourth-order valence-electron chi connectivity index (χ4n) is 2.26. The molecule has 0 radical (unpaired) electrons. The number of rotatable bonds is 9. The molecule has 0 aliphatic rings. The summed E-state index contributed by atoms with van der Waals surface area (Å²) < 4.78 is 15.0. The van der Waals surface area contributed by atoms with Crippen LogP contribution in [0.25, 0.3) is 12.2 Å². The van der Waals surface area contributed by atoms with Crippen molar-refractivity contribution in [2.75, 3.05) is 20.3 Å². The van der Waals surface area contributed by atoms with E-state index in [1.54, 1.807) is 18.2 Å². The average Bonchev–Trinajstić information content (AvgIpc) is 2.75. The first-order valence-corrected chi connectivity index (χ1v) is 8.91. The number of methoxy groups -OCH3 is 1. The number of carbonyl (C=O) groups is 2. The predicted molar refractivity (Wildman–Crippen MR) is 109 cm³/mol. The Hall–Kier alpha value is -3.78. The van der Waals surface area contributed by atoms with Crippen LogP contribution in [0.2, 0.25) is 0 Å². The number of phenolic OH excluding ortho intramolecular Hbond substituents is 2. The van der Waals surface area contributed by atoms with E-state index >= 15 is 0 Å². The lowest BCUT2D eigenvalue weighted by Gasteiger charge is -2.13. The molecule has 8 nitrogen and oxygen atoms in total. The summed E-state index contributed by atoms with van der Waals surface area (Å²) in [6.07, 6.45) is 4.24. The number of hydrogen-bond acceptors (Lipinski definition) is 8. The Morgan fingerprint density at radius 2 is 1.60 bits per heavy atom. The van der Waals surface area contributed by atoms with Crippen LogP contribution in [0.5, 0.6) is 17.2 Å². The minimum atomic E-state index is -1.03. The van der Waals surface area contributed by atoms with Gasteiger partial charge in [-0.15, -0.1) is 0 Å². The third kappa shape index (κ3) is 7.33. The summed E-state index contributed by atoms with van der Waals surface area (Å²) in [7, 11) is 1.41.